The summed E-state index contributed by atoms with van der Waals surface area (Å²) < 4.78 is 6.54. The van der Waals surface area contributed by atoms with E-state index >= 15 is 0 Å². The quantitative estimate of drug-likeness (QED) is 0.741. The lowest BCUT2D eigenvalue weighted by Crippen LogP contribution is -2.16. The number of nitrogens with one attached hydrogen (secondary N) is 1. The number of imidazole rings is 1. The summed E-state index contributed by atoms with van der Waals surface area (Å²) in [6.07, 6.45) is 3.60. The van der Waals surface area contributed by atoms with Crippen LogP contribution in [0.15, 0.2) is 48.8 Å². The first kappa shape index (κ1) is 13.1. The summed E-state index contributed by atoms with van der Waals surface area (Å²) in [6.45, 7) is 0.0685. The van der Waals surface area contributed by atoms with Crippen LogP contribution in [-0.2, 0) is 9.53 Å². The summed E-state index contributed by atoms with van der Waals surface area (Å²) in [6, 6.07) is 11.3. The van der Waals surface area contributed by atoms with Crippen LogP contribution in [0, 0.1) is 0 Å². The second-order valence-corrected chi connectivity index (χ2v) is 4.38. The maximum absolute atomic E-state index is 11.4. The molecule has 3 rings (SSSR count). The standard InChI is InChI=1S/C15H14N4O2/c1-21-13(20)10-17-15-14(11-6-2-4-8-16-11)18-12-7-3-5-9-19(12)15/h2-9,17H,10H2,1H3. The van der Waals surface area contributed by atoms with Gasteiger partial charge in [-0.15, -0.1) is 0 Å². The van der Waals surface area contributed by atoms with Crippen LogP contribution in [0.2, 0.25) is 0 Å². The van der Waals surface area contributed by atoms with Gasteiger partial charge in [-0.25, -0.2) is 4.98 Å². The van der Waals surface area contributed by atoms with E-state index in [4.69, 9.17) is 0 Å². The van der Waals surface area contributed by atoms with E-state index in [1.807, 2.05) is 47.0 Å². The Kier molecular flexibility index (Phi) is 3.51. The van der Waals surface area contributed by atoms with Crippen molar-refractivity contribution >= 4 is 17.4 Å². The lowest BCUT2D eigenvalue weighted by Gasteiger charge is -2.07. The van der Waals surface area contributed by atoms with Gasteiger partial charge < -0.3 is 10.1 Å². The van der Waals surface area contributed by atoms with Crippen LogP contribution in [0.5, 0.6) is 0 Å². The molecule has 0 saturated heterocycles. The molecule has 3 aromatic rings. The lowest BCUT2D eigenvalue weighted by atomic mass is 10.2. The highest BCUT2D eigenvalue weighted by atomic mass is 16.5. The van der Waals surface area contributed by atoms with E-state index in [0.717, 1.165) is 17.2 Å². The third-order valence-corrected chi connectivity index (χ3v) is 3.07. The first-order valence-electron chi connectivity index (χ1n) is 6.49. The molecule has 21 heavy (non-hydrogen) atoms. The number of carbonyl (C=O) groups is 1. The number of anilines is 1. The molecule has 106 valence electrons. The summed E-state index contributed by atoms with van der Waals surface area (Å²) in [5.74, 6) is 0.377. The third kappa shape index (κ3) is 2.55. The van der Waals surface area contributed by atoms with Crippen LogP contribution >= 0.6 is 0 Å². The molecule has 0 aliphatic rings. The Morgan fingerprint density at radius 3 is 2.90 bits per heavy atom. The monoisotopic (exact) mass is 282 g/mol. The highest BCUT2D eigenvalue weighted by Crippen LogP contribution is 2.26. The van der Waals surface area contributed by atoms with Gasteiger partial charge in [0.2, 0.25) is 0 Å². The summed E-state index contributed by atoms with van der Waals surface area (Å²) in [4.78, 5) is 20.3. The fourth-order valence-corrected chi connectivity index (χ4v) is 2.07. The zero-order valence-corrected chi connectivity index (χ0v) is 11.5. The van der Waals surface area contributed by atoms with E-state index in [2.05, 4.69) is 20.0 Å². The smallest absolute Gasteiger partial charge is 0.325 e. The van der Waals surface area contributed by atoms with Crippen molar-refractivity contribution in [3.8, 4) is 11.4 Å². The van der Waals surface area contributed by atoms with Crippen LogP contribution in [-0.4, -0.2) is 34.0 Å². The molecule has 0 spiro atoms. The van der Waals surface area contributed by atoms with Gasteiger partial charge >= 0.3 is 5.97 Å². The van der Waals surface area contributed by atoms with Crippen LogP contribution in [0.25, 0.3) is 17.0 Å². The number of hydrogen-bond donors (Lipinski definition) is 1. The van der Waals surface area contributed by atoms with E-state index < -0.39 is 0 Å². The number of pyridine rings is 2. The van der Waals surface area contributed by atoms with E-state index in [-0.39, 0.29) is 12.5 Å². The molecule has 0 aliphatic heterocycles. The number of carbonyl (C=O) groups excluding carboxylic acids is 1. The van der Waals surface area contributed by atoms with Gasteiger partial charge in [-0.3, -0.25) is 14.2 Å². The van der Waals surface area contributed by atoms with Gasteiger partial charge in [0.1, 0.15) is 23.7 Å². The van der Waals surface area contributed by atoms with Crippen LogP contribution in [0.3, 0.4) is 0 Å². The van der Waals surface area contributed by atoms with Gasteiger partial charge in [0.25, 0.3) is 0 Å². The van der Waals surface area contributed by atoms with Crippen molar-refractivity contribution in [3.63, 3.8) is 0 Å². The normalized spacial score (nSPS) is 10.5. The van der Waals surface area contributed by atoms with Crippen LogP contribution in [0.4, 0.5) is 5.82 Å². The Hall–Kier alpha value is -2.89. The number of hydrogen-bond acceptors (Lipinski definition) is 5. The molecule has 6 nitrogen and oxygen atoms in total. The summed E-state index contributed by atoms with van der Waals surface area (Å²) in [7, 11) is 1.36. The minimum absolute atomic E-state index is 0.0685. The molecule has 0 fully saturated rings. The minimum Gasteiger partial charge on any atom is -0.468 e. The van der Waals surface area contributed by atoms with E-state index in [1.54, 1.807) is 6.20 Å². The predicted molar refractivity (Wildman–Crippen MR) is 78.9 cm³/mol. The average Bonchev–Trinajstić information content (AvgIpc) is 2.92. The van der Waals surface area contributed by atoms with E-state index in [0.29, 0.717) is 5.69 Å². The van der Waals surface area contributed by atoms with Crippen LogP contribution < -0.4 is 5.32 Å². The zero-order valence-electron chi connectivity index (χ0n) is 11.5. The molecule has 0 amide bonds. The summed E-state index contributed by atoms with van der Waals surface area (Å²) >= 11 is 0. The summed E-state index contributed by atoms with van der Waals surface area (Å²) in [5.41, 5.74) is 2.23. The molecule has 3 aromatic heterocycles. The predicted octanol–water partition coefficient (Wildman–Crippen LogP) is 1.98. The van der Waals surface area contributed by atoms with Crippen molar-refractivity contribution in [2.75, 3.05) is 19.0 Å². The fraction of sp³-hybridized carbons (Fsp3) is 0.133. The van der Waals surface area contributed by atoms with Gasteiger partial charge in [0.05, 0.1) is 12.8 Å². The number of fused-ring (bicyclic) bond motifs is 1. The van der Waals surface area contributed by atoms with Crippen molar-refractivity contribution in [2.45, 2.75) is 0 Å². The Bertz CT molecular complexity index is 768. The molecule has 0 atom stereocenters. The molecule has 3 heterocycles. The Morgan fingerprint density at radius 2 is 2.14 bits per heavy atom. The number of nitrogens with zero attached hydrogens (tertiary/aromatic N) is 3. The molecule has 0 radical (unpaired) electrons. The van der Waals surface area contributed by atoms with E-state index in [1.165, 1.54) is 7.11 Å². The highest BCUT2D eigenvalue weighted by Gasteiger charge is 2.15. The molecule has 6 heteroatoms. The second-order valence-electron chi connectivity index (χ2n) is 4.38. The van der Waals surface area contributed by atoms with E-state index in [9.17, 15) is 4.79 Å². The molecule has 0 saturated carbocycles. The third-order valence-electron chi connectivity index (χ3n) is 3.07. The fourth-order valence-electron chi connectivity index (χ4n) is 2.07. The number of aromatic nitrogens is 3. The maximum atomic E-state index is 11.4. The lowest BCUT2D eigenvalue weighted by molar-refractivity contribution is -0.138. The highest BCUT2D eigenvalue weighted by molar-refractivity contribution is 5.79. The molecule has 0 aliphatic carbocycles. The maximum Gasteiger partial charge on any atom is 0.325 e. The molecular weight excluding hydrogens is 268 g/mol. The van der Waals surface area contributed by atoms with Crippen molar-refractivity contribution in [1.82, 2.24) is 14.4 Å². The molecule has 0 aromatic carbocycles. The Labute approximate surface area is 121 Å². The van der Waals surface area contributed by atoms with Crippen molar-refractivity contribution in [3.05, 3.63) is 48.8 Å². The van der Waals surface area contributed by atoms with Crippen molar-refractivity contribution in [1.29, 1.82) is 0 Å². The molecular formula is C15H14N4O2. The molecule has 0 bridgehead atoms. The SMILES string of the molecule is COC(=O)CNc1c(-c2ccccn2)nc2ccccn12. The molecule has 0 unspecified atom stereocenters. The Balaban J connectivity index is 2.08. The Morgan fingerprint density at radius 1 is 1.29 bits per heavy atom. The number of methoxy groups -OCH3 is 1. The largest absolute Gasteiger partial charge is 0.468 e. The van der Waals surface area contributed by atoms with Gasteiger partial charge in [0, 0.05) is 12.4 Å². The summed E-state index contributed by atoms with van der Waals surface area (Å²) in [5, 5.41) is 3.07. The molecule has 1 N–H and O–H groups in total. The number of rotatable bonds is 4. The van der Waals surface area contributed by atoms with Gasteiger partial charge in [-0.05, 0) is 24.3 Å². The number of esters is 1. The van der Waals surface area contributed by atoms with Gasteiger partial charge in [0.15, 0.2) is 0 Å². The average molecular weight is 282 g/mol. The van der Waals surface area contributed by atoms with Crippen molar-refractivity contribution in [2.24, 2.45) is 0 Å². The first-order chi connectivity index (χ1) is 10.3. The zero-order chi connectivity index (χ0) is 14.7. The topological polar surface area (TPSA) is 68.5 Å². The van der Waals surface area contributed by atoms with Gasteiger partial charge in [-0.2, -0.15) is 0 Å². The van der Waals surface area contributed by atoms with Crippen LogP contribution in [0.1, 0.15) is 0 Å². The number of ether oxygens (including phenoxy) is 1. The van der Waals surface area contributed by atoms with Crippen molar-refractivity contribution < 1.29 is 9.53 Å². The second kappa shape index (κ2) is 5.62. The van der Waals surface area contributed by atoms with Gasteiger partial charge in [-0.1, -0.05) is 12.1 Å². The first-order valence-corrected chi connectivity index (χ1v) is 6.49. The minimum atomic E-state index is -0.340.